The largest absolute Gasteiger partial charge is 0.543 e. The first kappa shape index (κ1) is 39.5. The molecule has 0 bridgehead atoms. The van der Waals surface area contributed by atoms with E-state index in [9.17, 15) is 19.4 Å². The second-order valence-electron chi connectivity index (χ2n) is 13.1. The summed E-state index contributed by atoms with van der Waals surface area (Å²) in [5, 5.41) is 38.1. The number of aryl methyl sites for hydroxylation is 2. The number of likely N-dealkylation sites (N-methyl/N-ethyl adjacent to an activating group) is 1. The van der Waals surface area contributed by atoms with Crippen molar-refractivity contribution in [2.75, 3.05) is 70.8 Å². The van der Waals surface area contributed by atoms with Crippen molar-refractivity contribution >= 4 is 60.8 Å². The molecule has 3 aromatic heterocycles. The van der Waals surface area contributed by atoms with Gasteiger partial charge in [0.15, 0.2) is 33.5 Å². The highest BCUT2D eigenvalue weighted by Crippen LogP contribution is 2.34. The number of aromatic carboxylic acids is 1. The van der Waals surface area contributed by atoms with E-state index in [0.29, 0.717) is 64.8 Å². The molecule has 280 valence electrons. The average molecular weight is 761 g/mol. The van der Waals surface area contributed by atoms with Crippen molar-refractivity contribution in [2.45, 2.75) is 39.0 Å². The number of carbonyl (C=O) groups excluding carboxylic acids is 1. The van der Waals surface area contributed by atoms with E-state index >= 15 is 0 Å². The number of aliphatic hydroxyl groups is 1. The molecule has 15 heteroatoms. The van der Waals surface area contributed by atoms with Crippen molar-refractivity contribution in [3.8, 4) is 17.6 Å². The van der Waals surface area contributed by atoms with Crippen LogP contribution in [0, 0.1) is 24.6 Å². The lowest BCUT2D eigenvalue weighted by atomic mass is 10.2. The molecule has 0 aliphatic carbocycles. The maximum absolute atomic E-state index is 14.6. The number of carboxylic acid groups (broad SMARTS) is 1. The molecule has 5 aromatic rings. The minimum atomic E-state index is -1.37. The van der Waals surface area contributed by atoms with Crippen molar-refractivity contribution in [1.29, 1.82) is 0 Å². The number of nitrogens with one attached hydrogen (secondary N) is 2. The molecule has 0 saturated heterocycles. The van der Waals surface area contributed by atoms with Crippen molar-refractivity contribution < 1.29 is 28.6 Å². The van der Waals surface area contributed by atoms with E-state index in [1.165, 1.54) is 28.7 Å². The topological polar surface area (TPSA) is 148 Å². The third-order valence-corrected chi connectivity index (χ3v) is 10.6. The van der Waals surface area contributed by atoms with Gasteiger partial charge in [0.05, 0.1) is 56.6 Å². The van der Waals surface area contributed by atoms with E-state index in [4.69, 9.17) is 4.74 Å². The summed E-state index contributed by atoms with van der Waals surface area (Å²) in [5.74, 6) is 5.12. The molecular weight excluding hydrogens is 716 g/mol. The zero-order chi connectivity index (χ0) is 37.8. The first-order valence-electron chi connectivity index (χ1n) is 17.5. The van der Waals surface area contributed by atoms with Gasteiger partial charge in [-0.05, 0) is 88.0 Å². The van der Waals surface area contributed by atoms with Crippen LogP contribution in [0.4, 0.5) is 26.3 Å². The van der Waals surface area contributed by atoms with Gasteiger partial charge < -0.3 is 39.8 Å². The van der Waals surface area contributed by atoms with Crippen LogP contribution in [0.1, 0.15) is 52.2 Å². The first-order chi connectivity index (χ1) is 25.6. The van der Waals surface area contributed by atoms with Gasteiger partial charge in [0.25, 0.3) is 0 Å². The number of aromatic nitrogens is 4. The maximum Gasteiger partial charge on any atom is 0.191 e. The van der Waals surface area contributed by atoms with Gasteiger partial charge in [-0.25, -0.2) is 14.4 Å². The van der Waals surface area contributed by atoms with Gasteiger partial charge in [-0.1, -0.05) is 35.3 Å². The van der Waals surface area contributed by atoms with Gasteiger partial charge in [-0.3, -0.25) is 0 Å². The normalized spacial score (nSPS) is 11.4. The standard InChI is InChI=1S/C38H45FN8O4S2/c1-26-24-33(44-45-35(26)43-37-41-29-13-6-7-14-31(29)52-37)46(19-8-5-9-20-47(3,4)21-22-48)38-42-34(36(49)50)32(53-38)15-11-23-51-30-17-16-27(25-28(30)39)12-10-18-40-2/h6-7,13-14,16-17,24-25,40,48H,5,8-9,11,15,18-23H2,1-4H3,(H-,41,43,45,49,50). The molecule has 12 nitrogen and oxygen atoms in total. The number of anilines is 4. The molecule has 0 saturated carbocycles. The predicted molar refractivity (Wildman–Crippen MR) is 207 cm³/mol. The number of fused-ring (bicyclic) bond motifs is 1. The van der Waals surface area contributed by atoms with Crippen LogP contribution in [0.3, 0.4) is 0 Å². The van der Waals surface area contributed by atoms with Crippen LogP contribution < -0.4 is 25.4 Å². The predicted octanol–water partition coefficient (Wildman–Crippen LogP) is 5.06. The maximum atomic E-state index is 14.6. The summed E-state index contributed by atoms with van der Waals surface area (Å²) < 4.78 is 22.1. The van der Waals surface area contributed by atoms with Crippen LogP contribution in [-0.2, 0) is 6.42 Å². The Hall–Kier alpha value is -4.72. The average Bonchev–Trinajstić information content (AvgIpc) is 3.74. The quantitative estimate of drug-likeness (QED) is 0.0590. The lowest BCUT2D eigenvalue weighted by Crippen LogP contribution is -2.42. The van der Waals surface area contributed by atoms with Gasteiger partial charge in [-0.15, -0.1) is 21.5 Å². The van der Waals surface area contributed by atoms with Gasteiger partial charge in [0.2, 0.25) is 0 Å². The smallest absolute Gasteiger partial charge is 0.191 e. The number of benzene rings is 2. The number of unbranched alkanes of at least 4 members (excludes halogenated alkanes) is 2. The molecule has 0 amide bonds. The number of halogens is 1. The zero-order valence-corrected chi connectivity index (χ0v) is 32.1. The number of ether oxygens (including phenoxy) is 1. The molecule has 5 rings (SSSR count). The van der Waals surface area contributed by atoms with Gasteiger partial charge >= 0.3 is 0 Å². The van der Waals surface area contributed by atoms with E-state index in [-0.39, 0.29) is 24.7 Å². The third-order valence-electron chi connectivity index (χ3n) is 8.46. The van der Waals surface area contributed by atoms with Crippen LogP contribution in [0.25, 0.3) is 10.2 Å². The third kappa shape index (κ3) is 11.1. The second kappa shape index (κ2) is 18.9. The lowest BCUT2D eigenvalue weighted by molar-refractivity contribution is -0.890. The Kier molecular flexibility index (Phi) is 14.0. The van der Waals surface area contributed by atoms with Crippen molar-refractivity contribution in [3.63, 3.8) is 0 Å². The van der Waals surface area contributed by atoms with Gasteiger partial charge in [0, 0.05) is 17.0 Å². The van der Waals surface area contributed by atoms with E-state index in [0.717, 1.165) is 46.1 Å². The first-order valence-corrected chi connectivity index (χ1v) is 19.1. The number of nitrogens with zero attached hydrogens (tertiary/aromatic N) is 6. The Morgan fingerprint density at radius 2 is 1.89 bits per heavy atom. The number of rotatable bonds is 19. The monoisotopic (exact) mass is 760 g/mol. The fourth-order valence-electron chi connectivity index (χ4n) is 5.56. The highest BCUT2D eigenvalue weighted by atomic mass is 32.1. The number of hydrogen-bond donors (Lipinski definition) is 3. The summed E-state index contributed by atoms with van der Waals surface area (Å²) in [7, 11) is 5.99. The van der Waals surface area contributed by atoms with E-state index in [1.807, 2.05) is 42.2 Å². The number of hydrogen-bond acceptors (Lipinski definition) is 13. The fourth-order valence-corrected chi connectivity index (χ4v) is 7.55. The van der Waals surface area contributed by atoms with Crippen molar-refractivity contribution in [2.24, 2.45) is 0 Å². The molecule has 0 fully saturated rings. The van der Waals surface area contributed by atoms with E-state index in [2.05, 4.69) is 56.7 Å². The number of quaternary nitrogens is 1. The van der Waals surface area contributed by atoms with E-state index < -0.39 is 11.8 Å². The Morgan fingerprint density at radius 3 is 2.62 bits per heavy atom. The molecule has 2 aromatic carbocycles. The summed E-state index contributed by atoms with van der Waals surface area (Å²) in [4.78, 5) is 23.9. The Labute approximate surface area is 317 Å². The lowest BCUT2D eigenvalue weighted by Gasteiger charge is -2.29. The molecule has 0 aliphatic heterocycles. The summed E-state index contributed by atoms with van der Waals surface area (Å²) in [6.07, 6.45) is 3.43. The molecule has 0 atom stereocenters. The molecular formula is C38H45FN8O4S2. The molecule has 0 radical (unpaired) electrons. The summed E-state index contributed by atoms with van der Waals surface area (Å²) >= 11 is 2.79. The number of carbonyl (C=O) groups is 1. The Balaban J connectivity index is 1.31. The molecule has 0 spiro atoms. The number of carboxylic acids is 1. The molecule has 3 N–H and O–H groups in total. The summed E-state index contributed by atoms with van der Waals surface area (Å²) in [6, 6.07) is 14.4. The molecule has 3 heterocycles. The minimum Gasteiger partial charge on any atom is -0.543 e. The van der Waals surface area contributed by atoms with Gasteiger partial charge in [0.1, 0.15) is 12.2 Å². The van der Waals surface area contributed by atoms with Crippen molar-refractivity contribution in [3.05, 3.63) is 76.0 Å². The zero-order valence-electron chi connectivity index (χ0n) is 30.4. The minimum absolute atomic E-state index is 0.106. The van der Waals surface area contributed by atoms with Crippen LogP contribution in [0.2, 0.25) is 0 Å². The second-order valence-corrected chi connectivity index (χ2v) is 15.2. The number of aliphatic hydroxyl groups excluding tert-OH is 1. The van der Waals surface area contributed by atoms with E-state index in [1.54, 1.807) is 19.2 Å². The highest BCUT2D eigenvalue weighted by molar-refractivity contribution is 7.22. The van der Waals surface area contributed by atoms with Crippen LogP contribution in [-0.4, -0.2) is 96.3 Å². The number of thiazole rings is 2. The van der Waals surface area contributed by atoms with Crippen LogP contribution in [0.15, 0.2) is 48.5 Å². The number of para-hydroxylation sites is 1. The van der Waals surface area contributed by atoms with Crippen LogP contribution in [0.5, 0.6) is 5.75 Å². The molecule has 0 unspecified atom stereocenters. The SMILES string of the molecule is CNCC#Cc1ccc(OCCCc2sc(N(CCCCC[N+](C)(C)CCO)c3cc(C)c(Nc4nc5ccccc5s4)nn3)nc2C(=O)[O-])c(F)c1. The summed E-state index contributed by atoms with van der Waals surface area (Å²) in [6.45, 7) is 4.87. The summed E-state index contributed by atoms with van der Waals surface area (Å²) in [5.41, 5.74) is 2.15. The Bertz CT molecular complexity index is 2030. The molecule has 53 heavy (non-hydrogen) atoms. The molecule has 0 aliphatic rings. The van der Waals surface area contributed by atoms with Crippen molar-refractivity contribution in [1.82, 2.24) is 25.5 Å². The Morgan fingerprint density at radius 1 is 1.06 bits per heavy atom. The van der Waals surface area contributed by atoms with Gasteiger partial charge in [-0.2, -0.15) is 0 Å². The highest BCUT2D eigenvalue weighted by Gasteiger charge is 2.22. The fraction of sp³-hybridized carbons (Fsp3) is 0.395. The van der Waals surface area contributed by atoms with Crippen LogP contribution >= 0.6 is 22.7 Å².